The van der Waals surface area contributed by atoms with Crippen LogP contribution in [-0.2, 0) is 12.8 Å². The summed E-state index contributed by atoms with van der Waals surface area (Å²) in [5, 5.41) is 0.778. The molecule has 0 saturated heterocycles. The summed E-state index contributed by atoms with van der Waals surface area (Å²) in [6.45, 7) is 4.12. The molecule has 1 unspecified atom stereocenters. The molecule has 0 radical (unpaired) electrons. The first kappa shape index (κ1) is 12.7. The Morgan fingerprint density at radius 1 is 1.24 bits per heavy atom. The summed E-state index contributed by atoms with van der Waals surface area (Å²) in [4.78, 5) is 0. The quantitative estimate of drug-likeness (QED) is 0.875. The van der Waals surface area contributed by atoms with Gasteiger partial charge in [0.1, 0.15) is 5.75 Å². The van der Waals surface area contributed by atoms with Crippen LogP contribution >= 0.6 is 11.6 Å². The summed E-state index contributed by atoms with van der Waals surface area (Å²) < 4.78 is 5.47. The average Bonchev–Trinajstić information content (AvgIpc) is 2.33. The van der Waals surface area contributed by atoms with Crippen molar-refractivity contribution in [3.63, 3.8) is 0 Å². The van der Waals surface area contributed by atoms with Gasteiger partial charge in [0.25, 0.3) is 0 Å². The SMILES string of the molecule is COc1c(Cl)c2c(c(C)c1C(C)N)CCCC2. The van der Waals surface area contributed by atoms with Gasteiger partial charge in [-0.15, -0.1) is 0 Å². The van der Waals surface area contributed by atoms with Gasteiger partial charge in [-0.3, -0.25) is 0 Å². The molecule has 2 nitrogen and oxygen atoms in total. The molecule has 0 spiro atoms. The molecule has 0 bridgehead atoms. The Balaban J connectivity index is 2.72. The zero-order chi connectivity index (χ0) is 12.6. The highest BCUT2D eigenvalue weighted by Gasteiger charge is 2.24. The van der Waals surface area contributed by atoms with Crippen LogP contribution in [0.2, 0.25) is 5.02 Å². The molecular formula is C14H20ClNO. The molecule has 0 heterocycles. The highest BCUT2D eigenvalue weighted by molar-refractivity contribution is 6.33. The number of ether oxygens (including phenoxy) is 1. The molecule has 0 amide bonds. The molecule has 0 aliphatic heterocycles. The Labute approximate surface area is 108 Å². The van der Waals surface area contributed by atoms with Gasteiger partial charge in [0.2, 0.25) is 0 Å². The van der Waals surface area contributed by atoms with E-state index in [1.54, 1.807) is 7.11 Å². The standard InChI is InChI=1S/C14H20ClNO/c1-8-10-6-4-5-7-11(10)13(15)14(17-3)12(8)9(2)16/h9H,4-7,16H2,1-3H3. The second kappa shape index (κ2) is 4.87. The van der Waals surface area contributed by atoms with E-state index in [1.807, 2.05) is 6.92 Å². The van der Waals surface area contributed by atoms with Crippen LogP contribution in [0.1, 0.15) is 48.1 Å². The number of halogens is 1. The van der Waals surface area contributed by atoms with Gasteiger partial charge >= 0.3 is 0 Å². The smallest absolute Gasteiger partial charge is 0.142 e. The topological polar surface area (TPSA) is 35.2 Å². The number of benzene rings is 1. The highest BCUT2D eigenvalue weighted by Crippen LogP contribution is 2.42. The largest absolute Gasteiger partial charge is 0.495 e. The third-order valence-corrected chi connectivity index (χ3v) is 4.09. The van der Waals surface area contributed by atoms with E-state index in [-0.39, 0.29) is 6.04 Å². The molecule has 1 aromatic rings. The second-order valence-corrected chi connectivity index (χ2v) is 5.22. The summed E-state index contributed by atoms with van der Waals surface area (Å²) in [6, 6.07) is -0.0466. The molecule has 1 aliphatic rings. The molecule has 1 aromatic carbocycles. The van der Waals surface area contributed by atoms with Gasteiger partial charge in [0, 0.05) is 11.6 Å². The fraction of sp³-hybridized carbons (Fsp3) is 0.571. The normalized spacial score (nSPS) is 16.5. The van der Waals surface area contributed by atoms with Gasteiger partial charge in [0.15, 0.2) is 0 Å². The number of nitrogens with two attached hydrogens (primary N) is 1. The highest BCUT2D eigenvalue weighted by atomic mass is 35.5. The van der Waals surface area contributed by atoms with Gasteiger partial charge < -0.3 is 10.5 Å². The molecule has 2 rings (SSSR count). The molecule has 3 heteroatoms. The van der Waals surface area contributed by atoms with E-state index in [4.69, 9.17) is 22.1 Å². The second-order valence-electron chi connectivity index (χ2n) is 4.84. The van der Waals surface area contributed by atoms with Gasteiger partial charge in [0.05, 0.1) is 12.1 Å². The van der Waals surface area contributed by atoms with E-state index in [1.165, 1.54) is 29.5 Å². The zero-order valence-electron chi connectivity index (χ0n) is 10.8. The van der Waals surface area contributed by atoms with Crippen LogP contribution in [-0.4, -0.2) is 7.11 Å². The van der Waals surface area contributed by atoms with Crippen LogP contribution in [0.25, 0.3) is 0 Å². The van der Waals surface area contributed by atoms with E-state index < -0.39 is 0 Å². The van der Waals surface area contributed by atoms with Crippen molar-refractivity contribution in [3.05, 3.63) is 27.3 Å². The molecular weight excluding hydrogens is 234 g/mol. The number of hydrogen-bond acceptors (Lipinski definition) is 2. The Kier molecular flexibility index (Phi) is 3.64. The summed E-state index contributed by atoms with van der Waals surface area (Å²) >= 11 is 6.47. The molecule has 0 fully saturated rings. The first-order valence-corrected chi connectivity index (χ1v) is 6.59. The lowest BCUT2D eigenvalue weighted by Gasteiger charge is -2.26. The van der Waals surface area contributed by atoms with Crippen molar-refractivity contribution in [2.75, 3.05) is 7.11 Å². The van der Waals surface area contributed by atoms with Crippen molar-refractivity contribution >= 4 is 11.6 Å². The Morgan fingerprint density at radius 3 is 2.35 bits per heavy atom. The molecule has 1 atom stereocenters. The molecule has 0 aromatic heterocycles. The van der Waals surface area contributed by atoms with Crippen LogP contribution in [0.15, 0.2) is 0 Å². The zero-order valence-corrected chi connectivity index (χ0v) is 11.5. The van der Waals surface area contributed by atoms with Crippen molar-refractivity contribution in [2.24, 2.45) is 5.73 Å². The number of fused-ring (bicyclic) bond motifs is 1. The maximum absolute atomic E-state index is 6.47. The maximum Gasteiger partial charge on any atom is 0.142 e. The predicted molar refractivity (Wildman–Crippen MR) is 72.0 cm³/mol. The minimum atomic E-state index is -0.0466. The monoisotopic (exact) mass is 253 g/mol. The van der Waals surface area contributed by atoms with Crippen LogP contribution in [0.4, 0.5) is 0 Å². The molecule has 94 valence electrons. The fourth-order valence-corrected chi connectivity index (χ4v) is 3.28. The third-order valence-electron chi connectivity index (χ3n) is 3.69. The lowest BCUT2D eigenvalue weighted by molar-refractivity contribution is 0.405. The fourth-order valence-electron chi connectivity index (χ4n) is 2.90. The summed E-state index contributed by atoms with van der Waals surface area (Å²) in [6.07, 6.45) is 4.64. The lowest BCUT2D eigenvalue weighted by atomic mass is 9.84. The summed E-state index contributed by atoms with van der Waals surface area (Å²) in [7, 11) is 1.67. The minimum absolute atomic E-state index is 0.0466. The average molecular weight is 254 g/mol. The first-order valence-electron chi connectivity index (χ1n) is 6.21. The van der Waals surface area contributed by atoms with Crippen LogP contribution in [0, 0.1) is 6.92 Å². The van der Waals surface area contributed by atoms with Crippen LogP contribution in [0.3, 0.4) is 0 Å². The van der Waals surface area contributed by atoms with E-state index in [0.29, 0.717) is 0 Å². The van der Waals surface area contributed by atoms with E-state index in [0.717, 1.165) is 29.2 Å². The number of rotatable bonds is 2. The summed E-state index contributed by atoms with van der Waals surface area (Å²) in [5.74, 6) is 0.778. The van der Waals surface area contributed by atoms with Crippen LogP contribution < -0.4 is 10.5 Å². The Hall–Kier alpha value is -0.730. The van der Waals surface area contributed by atoms with Crippen molar-refractivity contribution in [1.82, 2.24) is 0 Å². The summed E-state index contributed by atoms with van der Waals surface area (Å²) in [5.41, 5.74) is 11.1. The van der Waals surface area contributed by atoms with Gasteiger partial charge in [-0.05, 0) is 56.2 Å². The molecule has 1 aliphatic carbocycles. The van der Waals surface area contributed by atoms with Crippen molar-refractivity contribution in [2.45, 2.75) is 45.6 Å². The number of methoxy groups -OCH3 is 1. The third kappa shape index (κ3) is 2.04. The van der Waals surface area contributed by atoms with Crippen LogP contribution in [0.5, 0.6) is 5.75 Å². The lowest BCUT2D eigenvalue weighted by Crippen LogP contribution is -2.15. The van der Waals surface area contributed by atoms with Gasteiger partial charge in [-0.1, -0.05) is 11.6 Å². The van der Waals surface area contributed by atoms with Crippen molar-refractivity contribution in [3.8, 4) is 5.75 Å². The van der Waals surface area contributed by atoms with Gasteiger partial charge in [-0.2, -0.15) is 0 Å². The van der Waals surface area contributed by atoms with Crippen molar-refractivity contribution < 1.29 is 4.74 Å². The van der Waals surface area contributed by atoms with Crippen molar-refractivity contribution in [1.29, 1.82) is 0 Å². The Morgan fingerprint density at radius 2 is 1.82 bits per heavy atom. The first-order chi connectivity index (χ1) is 8.07. The van der Waals surface area contributed by atoms with E-state index >= 15 is 0 Å². The molecule has 2 N–H and O–H groups in total. The minimum Gasteiger partial charge on any atom is -0.495 e. The Bertz CT molecular complexity index is 441. The predicted octanol–water partition coefficient (Wildman–Crippen LogP) is 3.56. The number of hydrogen-bond donors (Lipinski definition) is 1. The maximum atomic E-state index is 6.47. The molecule has 17 heavy (non-hydrogen) atoms. The van der Waals surface area contributed by atoms with Gasteiger partial charge in [-0.25, -0.2) is 0 Å². The van der Waals surface area contributed by atoms with E-state index in [9.17, 15) is 0 Å². The van der Waals surface area contributed by atoms with E-state index in [2.05, 4.69) is 6.92 Å². The molecule has 0 saturated carbocycles.